The number of aliphatic hydroxyl groups excluding tert-OH is 1. The van der Waals surface area contributed by atoms with Gasteiger partial charge in [-0.15, -0.1) is 0 Å². The van der Waals surface area contributed by atoms with E-state index in [0.29, 0.717) is 28.8 Å². The largest absolute Gasteiger partial charge is 0.491 e. The van der Waals surface area contributed by atoms with E-state index in [-0.39, 0.29) is 24.2 Å². The summed E-state index contributed by atoms with van der Waals surface area (Å²) < 4.78 is 11.9. The van der Waals surface area contributed by atoms with E-state index in [2.05, 4.69) is 5.32 Å². The molecule has 5 heteroatoms. The van der Waals surface area contributed by atoms with Gasteiger partial charge in [0.2, 0.25) is 5.43 Å². The van der Waals surface area contributed by atoms with E-state index >= 15 is 0 Å². The molecule has 0 amide bonds. The highest BCUT2D eigenvalue weighted by atomic mass is 16.5. The summed E-state index contributed by atoms with van der Waals surface area (Å²) in [6.45, 7) is 6.33. The fraction of sp³-hybridized carbons (Fsp3) is 0.318. The van der Waals surface area contributed by atoms with Gasteiger partial charge in [-0.2, -0.15) is 0 Å². The summed E-state index contributed by atoms with van der Waals surface area (Å²) in [5, 5.41) is 12.9. The molecular formula is C22H25NO4. The molecule has 27 heavy (non-hydrogen) atoms. The van der Waals surface area contributed by atoms with E-state index in [4.69, 9.17) is 14.3 Å². The van der Waals surface area contributed by atoms with Crippen LogP contribution in [0, 0.1) is 0 Å². The predicted octanol–water partition coefficient (Wildman–Crippen LogP) is 3.89. The maximum atomic E-state index is 13.1. The van der Waals surface area contributed by atoms with Crippen LogP contribution in [0.1, 0.15) is 32.4 Å². The van der Waals surface area contributed by atoms with Gasteiger partial charge in [0.1, 0.15) is 17.6 Å². The van der Waals surface area contributed by atoms with Crippen molar-refractivity contribution in [1.29, 1.82) is 0 Å². The molecule has 2 aromatic carbocycles. The lowest BCUT2D eigenvalue weighted by Gasteiger charge is -2.21. The van der Waals surface area contributed by atoms with Crippen molar-refractivity contribution < 1.29 is 14.3 Å². The number of ether oxygens (including phenoxy) is 1. The van der Waals surface area contributed by atoms with Crippen LogP contribution in [-0.2, 0) is 0 Å². The topological polar surface area (TPSA) is 71.7 Å². The molecule has 1 heterocycles. The lowest BCUT2D eigenvalue weighted by molar-refractivity contribution is 0.237. The number of hydrogen-bond acceptors (Lipinski definition) is 5. The smallest absolute Gasteiger partial charge is 0.200 e. The summed E-state index contributed by atoms with van der Waals surface area (Å²) in [5.74, 6) is 0.672. The van der Waals surface area contributed by atoms with Crippen LogP contribution in [0.3, 0.4) is 0 Å². The molecule has 0 aliphatic carbocycles. The highest BCUT2D eigenvalue weighted by Gasteiger charge is 2.20. The Bertz CT molecular complexity index is 963. The van der Waals surface area contributed by atoms with Gasteiger partial charge in [-0.05, 0) is 38.5 Å². The van der Waals surface area contributed by atoms with Crippen molar-refractivity contribution in [1.82, 2.24) is 5.32 Å². The normalized spacial score (nSPS) is 12.5. The minimum absolute atomic E-state index is 0.0124. The lowest BCUT2D eigenvalue weighted by Crippen LogP contribution is -2.23. The molecule has 0 aliphatic rings. The van der Waals surface area contributed by atoms with Gasteiger partial charge in [-0.25, -0.2) is 0 Å². The first-order valence-electron chi connectivity index (χ1n) is 9.17. The average molecular weight is 367 g/mol. The number of rotatable bonds is 7. The Labute approximate surface area is 158 Å². The van der Waals surface area contributed by atoms with Crippen molar-refractivity contribution >= 4 is 11.0 Å². The molecule has 142 valence electrons. The number of hydrogen-bond donors (Lipinski definition) is 2. The van der Waals surface area contributed by atoms with Crippen LogP contribution in [-0.4, -0.2) is 24.4 Å². The highest BCUT2D eigenvalue weighted by Crippen LogP contribution is 2.34. The van der Waals surface area contributed by atoms with Gasteiger partial charge in [0.05, 0.1) is 29.2 Å². The van der Waals surface area contributed by atoms with Crippen molar-refractivity contribution in [2.24, 2.45) is 0 Å². The summed E-state index contributed by atoms with van der Waals surface area (Å²) in [6, 6.07) is 12.9. The second-order valence-corrected chi connectivity index (χ2v) is 6.76. The molecule has 0 bridgehead atoms. The molecule has 1 aromatic heterocycles. The Morgan fingerprint density at radius 2 is 1.85 bits per heavy atom. The van der Waals surface area contributed by atoms with Crippen molar-refractivity contribution in [2.75, 3.05) is 13.2 Å². The van der Waals surface area contributed by atoms with Gasteiger partial charge in [0.25, 0.3) is 0 Å². The molecule has 2 N–H and O–H groups in total. The van der Waals surface area contributed by atoms with Gasteiger partial charge < -0.3 is 19.6 Å². The van der Waals surface area contributed by atoms with Crippen LogP contribution in [0.2, 0.25) is 0 Å². The average Bonchev–Trinajstić information content (AvgIpc) is 2.66. The lowest BCUT2D eigenvalue weighted by atomic mass is 10.0. The van der Waals surface area contributed by atoms with Gasteiger partial charge in [-0.1, -0.05) is 30.3 Å². The van der Waals surface area contributed by atoms with E-state index in [0.717, 1.165) is 11.1 Å². The van der Waals surface area contributed by atoms with Gasteiger partial charge in [-0.3, -0.25) is 4.79 Å². The zero-order valence-electron chi connectivity index (χ0n) is 15.9. The standard InChI is InChI=1S/C22H25NO4/c1-14(2)27-19-10-9-17-21(25)18(16-7-5-4-6-8-16)13-26-22(17)20(19)15(3)23-11-12-24/h4-10,13-15,23-24H,11-12H2,1-3H3. The molecule has 5 nitrogen and oxygen atoms in total. The third-order valence-corrected chi connectivity index (χ3v) is 4.38. The van der Waals surface area contributed by atoms with E-state index < -0.39 is 0 Å². The second-order valence-electron chi connectivity index (χ2n) is 6.76. The number of aliphatic hydroxyl groups is 1. The predicted molar refractivity (Wildman–Crippen MR) is 107 cm³/mol. The Kier molecular flexibility index (Phi) is 5.94. The van der Waals surface area contributed by atoms with E-state index in [1.165, 1.54) is 6.26 Å². The summed E-state index contributed by atoms with van der Waals surface area (Å²) in [4.78, 5) is 13.1. The number of fused-ring (bicyclic) bond motifs is 1. The molecule has 0 radical (unpaired) electrons. The zero-order valence-corrected chi connectivity index (χ0v) is 15.9. The molecule has 3 rings (SSSR count). The third kappa shape index (κ3) is 4.04. The van der Waals surface area contributed by atoms with Crippen LogP contribution in [0.15, 0.2) is 57.9 Å². The molecule has 0 fully saturated rings. The van der Waals surface area contributed by atoms with E-state index in [1.807, 2.05) is 57.2 Å². The molecule has 0 spiro atoms. The summed E-state index contributed by atoms with van der Waals surface area (Å²) in [7, 11) is 0. The summed E-state index contributed by atoms with van der Waals surface area (Å²) in [6.07, 6.45) is 1.50. The Morgan fingerprint density at radius 3 is 2.52 bits per heavy atom. The van der Waals surface area contributed by atoms with Crippen LogP contribution >= 0.6 is 0 Å². The van der Waals surface area contributed by atoms with Crippen molar-refractivity contribution in [3.8, 4) is 16.9 Å². The maximum absolute atomic E-state index is 13.1. The summed E-state index contributed by atoms with van der Waals surface area (Å²) >= 11 is 0. The molecular weight excluding hydrogens is 342 g/mol. The number of benzene rings is 2. The molecule has 0 saturated carbocycles. The van der Waals surface area contributed by atoms with Gasteiger partial charge in [0, 0.05) is 12.6 Å². The van der Waals surface area contributed by atoms with Crippen LogP contribution in [0.4, 0.5) is 0 Å². The first kappa shape index (κ1) is 19.1. The van der Waals surface area contributed by atoms with E-state index in [9.17, 15) is 4.79 Å². The first-order chi connectivity index (χ1) is 13.0. The van der Waals surface area contributed by atoms with Gasteiger partial charge in [0.15, 0.2) is 0 Å². The molecule has 3 aromatic rings. The molecule has 1 atom stereocenters. The third-order valence-electron chi connectivity index (χ3n) is 4.38. The number of nitrogens with one attached hydrogen (secondary N) is 1. The highest BCUT2D eigenvalue weighted by molar-refractivity contribution is 5.86. The van der Waals surface area contributed by atoms with Crippen LogP contribution < -0.4 is 15.5 Å². The monoisotopic (exact) mass is 367 g/mol. The minimum atomic E-state index is -0.152. The first-order valence-corrected chi connectivity index (χ1v) is 9.17. The SMILES string of the molecule is CC(C)Oc1ccc2c(=O)c(-c3ccccc3)coc2c1C(C)NCCO. The van der Waals surface area contributed by atoms with E-state index in [1.54, 1.807) is 6.07 Å². The second kappa shape index (κ2) is 8.37. The fourth-order valence-corrected chi connectivity index (χ4v) is 3.17. The molecule has 0 aliphatic heterocycles. The Morgan fingerprint density at radius 1 is 1.11 bits per heavy atom. The quantitative estimate of drug-likeness (QED) is 0.663. The Balaban J connectivity index is 2.19. The van der Waals surface area contributed by atoms with Crippen molar-refractivity contribution in [3.05, 3.63) is 64.5 Å². The fourth-order valence-electron chi connectivity index (χ4n) is 3.17. The molecule has 0 saturated heterocycles. The molecule has 1 unspecified atom stereocenters. The van der Waals surface area contributed by atoms with Crippen molar-refractivity contribution in [3.63, 3.8) is 0 Å². The maximum Gasteiger partial charge on any atom is 0.200 e. The van der Waals surface area contributed by atoms with Crippen LogP contribution in [0.25, 0.3) is 22.1 Å². The van der Waals surface area contributed by atoms with Gasteiger partial charge >= 0.3 is 0 Å². The zero-order chi connectivity index (χ0) is 19.4. The minimum Gasteiger partial charge on any atom is -0.491 e. The van der Waals surface area contributed by atoms with Crippen LogP contribution in [0.5, 0.6) is 5.75 Å². The van der Waals surface area contributed by atoms with Crippen molar-refractivity contribution in [2.45, 2.75) is 32.9 Å². The Hall–Kier alpha value is -2.63. The summed E-state index contributed by atoms with van der Waals surface area (Å²) in [5.41, 5.74) is 2.57.